The molecule has 5 nitrogen and oxygen atoms in total. The average molecular weight is 268 g/mol. The summed E-state index contributed by atoms with van der Waals surface area (Å²) in [6, 6.07) is 0. The summed E-state index contributed by atoms with van der Waals surface area (Å²) in [5.74, 6) is 1.05. The summed E-state index contributed by atoms with van der Waals surface area (Å²) >= 11 is 0. The second-order valence-corrected chi connectivity index (χ2v) is 5.90. The molecule has 2 N–H and O–H groups in total. The first-order chi connectivity index (χ1) is 9.24. The molecule has 0 saturated carbocycles. The van der Waals surface area contributed by atoms with Crippen LogP contribution in [-0.4, -0.2) is 74.6 Å². The molecule has 2 fully saturated rings. The van der Waals surface area contributed by atoms with Crippen LogP contribution in [0.3, 0.4) is 0 Å². The van der Waals surface area contributed by atoms with Gasteiger partial charge in [0.05, 0.1) is 6.54 Å². The summed E-state index contributed by atoms with van der Waals surface area (Å²) in [7, 11) is 0. The number of piperidine rings is 1. The zero-order valence-corrected chi connectivity index (χ0v) is 12.2. The van der Waals surface area contributed by atoms with Crippen LogP contribution >= 0.6 is 0 Å². The van der Waals surface area contributed by atoms with Crippen molar-refractivity contribution in [3.63, 3.8) is 0 Å². The van der Waals surface area contributed by atoms with Crippen molar-refractivity contribution in [2.24, 2.45) is 5.92 Å². The van der Waals surface area contributed by atoms with Crippen molar-refractivity contribution >= 4 is 5.91 Å². The highest BCUT2D eigenvalue weighted by Gasteiger charge is 2.16. The van der Waals surface area contributed by atoms with Crippen LogP contribution in [0.4, 0.5) is 0 Å². The van der Waals surface area contributed by atoms with Gasteiger partial charge < -0.3 is 15.5 Å². The van der Waals surface area contributed by atoms with Gasteiger partial charge in [0.15, 0.2) is 0 Å². The molecule has 2 heterocycles. The first kappa shape index (κ1) is 14.8. The molecular formula is C14H28N4O. The predicted octanol–water partition coefficient (Wildman–Crippen LogP) is -0.260. The minimum Gasteiger partial charge on any atom is -0.354 e. The summed E-state index contributed by atoms with van der Waals surface area (Å²) in [6.07, 6.45) is 2.60. The van der Waals surface area contributed by atoms with Crippen molar-refractivity contribution in [3.8, 4) is 0 Å². The third-order valence-electron chi connectivity index (χ3n) is 4.20. The van der Waals surface area contributed by atoms with Crippen LogP contribution < -0.4 is 10.6 Å². The molecule has 2 rings (SSSR count). The number of hydrogen-bond donors (Lipinski definition) is 2. The molecule has 0 aromatic carbocycles. The summed E-state index contributed by atoms with van der Waals surface area (Å²) in [5, 5.41) is 6.34. The lowest BCUT2D eigenvalue weighted by molar-refractivity contribution is -0.122. The van der Waals surface area contributed by atoms with E-state index in [2.05, 4.69) is 27.4 Å². The van der Waals surface area contributed by atoms with Crippen LogP contribution in [0.25, 0.3) is 0 Å². The van der Waals surface area contributed by atoms with Gasteiger partial charge in [0.1, 0.15) is 0 Å². The Bertz CT molecular complexity index is 271. The fourth-order valence-electron chi connectivity index (χ4n) is 2.77. The van der Waals surface area contributed by atoms with E-state index in [1.807, 2.05) is 0 Å². The van der Waals surface area contributed by atoms with E-state index >= 15 is 0 Å². The molecule has 0 aromatic heterocycles. The summed E-state index contributed by atoms with van der Waals surface area (Å²) < 4.78 is 0. The standard InChI is InChI=1S/C14H28N4O/c1-13-2-7-17(8-3-13)11-6-16-14(19)12-18-9-4-15-5-10-18/h13,15H,2-12H2,1H3,(H,16,19). The third kappa shape index (κ3) is 5.47. The van der Waals surface area contributed by atoms with Crippen LogP contribution in [0.1, 0.15) is 19.8 Å². The van der Waals surface area contributed by atoms with Crippen molar-refractivity contribution in [2.45, 2.75) is 19.8 Å². The Hall–Kier alpha value is -0.650. The van der Waals surface area contributed by atoms with E-state index in [9.17, 15) is 4.79 Å². The van der Waals surface area contributed by atoms with Crippen LogP contribution in [0.2, 0.25) is 0 Å². The van der Waals surface area contributed by atoms with Gasteiger partial charge in [-0.1, -0.05) is 6.92 Å². The first-order valence-corrected chi connectivity index (χ1v) is 7.66. The summed E-state index contributed by atoms with van der Waals surface area (Å²) in [5.41, 5.74) is 0. The summed E-state index contributed by atoms with van der Waals surface area (Å²) in [4.78, 5) is 16.5. The second-order valence-electron chi connectivity index (χ2n) is 5.90. The Morgan fingerprint density at radius 2 is 1.84 bits per heavy atom. The largest absolute Gasteiger partial charge is 0.354 e. The van der Waals surface area contributed by atoms with Crippen molar-refractivity contribution < 1.29 is 4.79 Å². The van der Waals surface area contributed by atoms with Gasteiger partial charge >= 0.3 is 0 Å². The second kappa shape index (κ2) is 7.82. The number of hydrogen-bond acceptors (Lipinski definition) is 4. The van der Waals surface area contributed by atoms with Gasteiger partial charge in [0, 0.05) is 39.3 Å². The number of rotatable bonds is 5. The Morgan fingerprint density at radius 1 is 1.16 bits per heavy atom. The van der Waals surface area contributed by atoms with E-state index in [-0.39, 0.29) is 5.91 Å². The molecule has 0 radical (unpaired) electrons. The van der Waals surface area contributed by atoms with Crippen molar-refractivity contribution in [2.75, 3.05) is 58.9 Å². The van der Waals surface area contributed by atoms with Crippen molar-refractivity contribution in [1.82, 2.24) is 20.4 Å². The van der Waals surface area contributed by atoms with Gasteiger partial charge in [0.25, 0.3) is 0 Å². The summed E-state index contributed by atoms with van der Waals surface area (Å²) in [6.45, 7) is 11.0. The van der Waals surface area contributed by atoms with E-state index in [0.29, 0.717) is 6.54 Å². The maximum Gasteiger partial charge on any atom is 0.234 e. The highest BCUT2D eigenvalue weighted by molar-refractivity contribution is 5.78. The number of amides is 1. The molecule has 19 heavy (non-hydrogen) atoms. The monoisotopic (exact) mass is 268 g/mol. The van der Waals surface area contributed by atoms with Crippen LogP contribution in [0.5, 0.6) is 0 Å². The lowest BCUT2D eigenvalue weighted by Crippen LogP contribution is -2.48. The molecule has 2 saturated heterocycles. The molecule has 0 bridgehead atoms. The van der Waals surface area contributed by atoms with Crippen LogP contribution in [-0.2, 0) is 4.79 Å². The molecule has 0 unspecified atom stereocenters. The number of piperazine rings is 1. The van der Waals surface area contributed by atoms with Gasteiger partial charge in [-0.15, -0.1) is 0 Å². The van der Waals surface area contributed by atoms with E-state index in [0.717, 1.165) is 45.2 Å². The van der Waals surface area contributed by atoms with Gasteiger partial charge in [0.2, 0.25) is 5.91 Å². The third-order valence-corrected chi connectivity index (χ3v) is 4.20. The maximum absolute atomic E-state index is 11.8. The van der Waals surface area contributed by atoms with Gasteiger partial charge in [-0.2, -0.15) is 0 Å². The number of carbonyl (C=O) groups excluding carboxylic acids is 1. The fourth-order valence-corrected chi connectivity index (χ4v) is 2.77. The molecule has 0 aliphatic carbocycles. The molecular weight excluding hydrogens is 240 g/mol. The molecule has 0 aromatic rings. The lowest BCUT2D eigenvalue weighted by atomic mass is 9.99. The Kier molecular flexibility index (Phi) is 6.07. The average Bonchev–Trinajstić information content (AvgIpc) is 2.42. The topological polar surface area (TPSA) is 47.6 Å². The number of nitrogens with one attached hydrogen (secondary N) is 2. The Morgan fingerprint density at radius 3 is 2.53 bits per heavy atom. The lowest BCUT2D eigenvalue weighted by Gasteiger charge is -2.30. The molecule has 2 aliphatic heterocycles. The smallest absolute Gasteiger partial charge is 0.234 e. The van der Waals surface area contributed by atoms with Gasteiger partial charge in [-0.25, -0.2) is 0 Å². The molecule has 0 spiro atoms. The van der Waals surface area contributed by atoms with Gasteiger partial charge in [-0.05, 0) is 31.8 Å². The number of nitrogens with zero attached hydrogens (tertiary/aromatic N) is 2. The molecule has 2 aliphatic rings. The minimum absolute atomic E-state index is 0.173. The van der Waals surface area contributed by atoms with Crippen molar-refractivity contribution in [3.05, 3.63) is 0 Å². The van der Waals surface area contributed by atoms with E-state index in [4.69, 9.17) is 0 Å². The highest BCUT2D eigenvalue weighted by Crippen LogP contribution is 2.14. The Labute approximate surface area is 116 Å². The fraction of sp³-hybridized carbons (Fsp3) is 0.929. The minimum atomic E-state index is 0.173. The predicted molar refractivity (Wildman–Crippen MR) is 77.2 cm³/mol. The zero-order chi connectivity index (χ0) is 13.5. The quantitative estimate of drug-likeness (QED) is 0.721. The maximum atomic E-state index is 11.8. The number of likely N-dealkylation sites (tertiary alicyclic amines) is 1. The van der Waals surface area contributed by atoms with Crippen LogP contribution in [0, 0.1) is 5.92 Å². The van der Waals surface area contributed by atoms with E-state index < -0.39 is 0 Å². The Balaban J connectivity index is 1.53. The molecule has 1 amide bonds. The number of carbonyl (C=O) groups is 1. The first-order valence-electron chi connectivity index (χ1n) is 7.66. The zero-order valence-electron chi connectivity index (χ0n) is 12.2. The van der Waals surface area contributed by atoms with Crippen LogP contribution in [0.15, 0.2) is 0 Å². The molecule has 110 valence electrons. The highest BCUT2D eigenvalue weighted by atomic mass is 16.2. The molecule has 5 heteroatoms. The van der Waals surface area contributed by atoms with Crippen molar-refractivity contribution in [1.29, 1.82) is 0 Å². The van der Waals surface area contributed by atoms with E-state index in [1.54, 1.807) is 0 Å². The molecule has 0 atom stereocenters. The van der Waals surface area contributed by atoms with Gasteiger partial charge in [-0.3, -0.25) is 9.69 Å². The van der Waals surface area contributed by atoms with E-state index in [1.165, 1.54) is 25.9 Å². The normalized spacial score (nSPS) is 23.4. The SMILES string of the molecule is CC1CCN(CCNC(=O)CN2CCNCC2)CC1.